The highest BCUT2D eigenvalue weighted by molar-refractivity contribution is 5.97. The van der Waals surface area contributed by atoms with Crippen molar-refractivity contribution in [3.05, 3.63) is 125 Å². The molecule has 0 saturated carbocycles. The Bertz CT molecular complexity index is 1630. The summed E-state index contributed by atoms with van der Waals surface area (Å²) in [5.74, 6) is -3.00. The maximum Gasteiger partial charge on any atom is 0.339 e. The Morgan fingerprint density at radius 3 is 2.19 bits per heavy atom. The fraction of sp³-hybridized carbons (Fsp3) is 0.297. The molecule has 48 heavy (non-hydrogen) atoms. The van der Waals surface area contributed by atoms with Crippen molar-refractivity contribution >= 4 is 29.8 Å². The predicted molar refractivity (Wildman–Crippen MR) is 177 cm³/mol. The quantitative estimate of drug-likeness (QED) is 0.200. The summed E-state index contributed by atoms with van der Waals surface area (Å²) in [4.78, 5) is 52.8. The lowest BCUT2D eigenvalue weighted by Crippen LogP contribution is -2.44. The molecule has 1 aliphatic heterocycles. The van der Waals surface area contributed by atoms with Crippen molar-refractivity contribution in [1.82, 2.24) is 15.5 Å². The number of carbonyl (C=O) groups excluding carboxylic acids is 4. The Balaban J connectivity index is 1.45. The minimum absolute atomic E-state index is 0.0227. The van der Waals surface area contributed by atoms with Crippen LogP contribution in [0.5, 0.6) is 0 Å². The first-order valence-electron chi connectivity index (χ1n) is 15.7. The van der Waals surface area contributed by atoms with Crippen LogP contribution < -0.4 is 10.6 Å². The number of hydrogen-bond acceptors (Lipinski definition) is 8. The minimum atomic E-state index is -1.36. The molecule has 11 nitrogen and oxygen atoms in total. The third kappa shape index (κ3) is 7.88. The zero-order chi connectivity index (χ0) is 34.1. The van der Waals surface area contributed by atoms with Crippen LogP contribution in [0.4, 0.5) is 0 Å². The summed E-state index contributed by atoms with van der Waals surface area (Å²) < 4.78 is 19.6. The van der Waals surface area contributed by atoms with E-state index in [0.29, 0.717) is 11.1 Å². The standard InChI is InChI=1S/C37H39N3O8/c1-40(2)33(43)18-17-25-11-9-10-16-29(25)36(45)46-30-23-26(35(44)39-20-19-32(42)38-21-22-41)24-31-34(30)48-37(47-31,27-12-5-3-6-13-27)28-14-7-4-8-15-28/h3-18,24,30-31,34,41H,19-23H2,1-2H3,(H,38,42)(H,39,44)/t30-,31-,34+/m1/s1. The number of benzene rings is 3. The first-order chi connectivity index (χ1) is 23.2. The molecule has 2 aliphatic rings. The van der Waals surface area contributed by atoms with Gasteiger partial charge in [0, 0.05) is 62.8 Å². The molecule has 3 aromatic carbocycles. The van der Waals surface area contributed by atoms with Gasteiger partial charge in [-0.2, -0.15) is 0 Å². The predicted octanol–water partition coefficient (Wildman–Crippen LogP) is 2.94. The lowest BCUT2D eigenvalue weighted by atomic mass is 9.91. The molecule has 250 valence electrons. The molecule has 0 aromatic heterocycles. The molecule has 3 N–H and O–H groups in total. The van der Waals surface area contributed by atoms with E-state index in [2.05, 4.69) is 10.6 Å². The summed E-state index contributed by atoms with van der Waals surface area (Å²) in [7, 11) is 3.27. The van der Waals surface area contributed by atoms with Crippen LogP contribution in [0.25, 0.3) is 6.08 Å². The summed E-state index contributed by atoms with van der Waals surface area (Å²) >= 11 is 0. The second-order valence-electron chi connectivity index (χ2n) is 11.6. The summed E-state index contributed by atoms with van der Waals surface area (Å²) in [5, 5.41) is 14.2. The molecule has 0 unspecified atom stereocenters. The van der Waals surface area contributed by atoms with Crippen LogP contribution in [0.2, 0.25) is 0 Å². The van der Waals surface area contributed by atoms with Gasteiger partial charge in [0.05, 0.1) is 12.2 Å². The summed E-state index contributed by atoms with van der Waals surface area (Å²) in [6.07, 6.45) is 2.17. The number of carbonyl (C=O) groups is 4. The number of esters is 1. The van der Waals surface area contributed by atoms with Gasteiger partial charge in [0.15, 0.2) is 0 Å². The van der Waals surface area contributed by atoms with E-state index in [-0.39, 0.29) is 49.9 Å². The lowest BCUT2D eigenvalue weighted by molar-refractivity contribution is -0.157. The molecule has 0 bridgehead atoms. The SMILES string of the molecule is CN(C)C(=O)C=Cc1ccccc1C(=O)O[C@@H]1CC(C(=O)NCCC(=O)NCCO)=C[C@H]2OC(c3ccccc3)(c3ccccc3)O[C@H]21. The Labute approximate surface area is 279 Å². The van der Waals surface area contributed by atoms with Crippen LogP contribution in [0.3, 0.4) is 0 Å². The number of aliphatic hydroxyl groups excluding tert-OH is 1. The summed E-state index contributed by atoms with van der Waals surface area (Å²) in [6.45, 7) is 0.00563. The van der Waals surface area contributed by atoms with Gasteiger partial charge in [-0.25, -0.2) is 4.79 Å². The van der Waals surface area contributed by atoms with E-state index in [0.717, 1.165) is 11.1 Å². The van der Waals surface area contributed by atoms with E-state index >= 15 is 0 Å². The van der Waals surface area contributed by atoms with E-state index in [9.17, 15) is 19.2 Å². The van der Waals surface area contributed by atoms with E-state index in [1.807, 2.05) is 60.7 Å². The van der Waals surface area contributed by atoms with Crippen molar-refractivity contribution in [2.75, 3.05) is 33.8 Å². The molecule has 1 fully saturated rings. The van der Waals surface area contributed by atoms with Gasteiger partial charge in [-0.1, -0.05) is 78.9 Å². The molecule has 0 radical (unpaired) electrons. The molecule has 11 heteroatoms. The number of nitrogens with one attached hydrogen (secondary N) is 2. The van der Waals surface area contributed by atoms with Gasteiger partial charge in [-0.05, 0) is 23.8 Å². The number of likely N-dealkylation sites (N-methyl/N-ethyl adjacent to an activating group) is 1. The van der Waals surface area contributed by atoms with Crippen LogP contribution in [-0.4, -0.2) is 85.8 Å². The van der Waals surface area contributed by atoms with Crippen molar-refractivity contribution in [1.29, 1.82) is 0 Å². The smallest absolute Gasteiger partial charge is 0.339 e. The van der Waals surface area contributed by atoms with Crippen molar-refractivity contribution in [2.24, 2.45) is 0 Å². The third-order valence-electron chi connectivity index (χ3n) is 8.04. The fourth-order valence-electron chi connectivity index (χ4n) is 5.62. The average molecular weight is 654 g/mol. The zero-order valence-electron chi connectivity index (χ0n) is 26.8. The number of fused-ring (bicyclic) bond motifs is 1. The van der Waals surface area contributed by atoms with Gasteiger partial charge >= 0.3 is 5.97 Å². The van der Waals surface area contributed by atoms with E-state index in [1.165, 1.54) is 11.0 Å². The van der Waals surface area contributed by atoms with E-state index in [1.54, 1.807) is 50.5 Å². The van der Waals surface area contributed by atoms with Gasteiger partial charge in [-0.15, -0.1) is 0 Å². The maximum atomic E-state index is 13.8. The second kappa shape index (κ2) is 15.7. The highest BCUT2D eigenvalue weighted by atomic mass is 16.8. The zero-order valence-corrected chi connectivity index (χ0v) is 26.8. The lowest BCUT2D eigenvalue weighted by Gasteiger charge is -2.31. The molecule has 3 aromatic rings. The summed E-state index contributed by atoms with van der Waals surface area (Å²) in [6, 6.07) is 25.6. The van der Waals surface area contributed by atoms with Crippen molar-refractivity contribution in [3.8, 4) is 0 Å². The Morgan fingerprint density at radius 2 is 1.54 bits per heavy atom. The highest BCUT2D eigenvalue weighted by Crippen LogP contribution is 2.47. The normalized spacial score (nSPS) is 19.6. The molecule has 1 aliphatic carbocycles. The first kappa shape index (κ1) is 34.2. The molecule has 1 saturated heterocycles. The van der Waals surface area contributed by atoms with Crippen LogP contribution in [0.1, 0.15) is 39.9 Å². The molecular formula is C37H39N3O8. The fourth-order valence-corrected chi connectivity index (χ4v) is 5.62. The molecule has 3 amide bonds. The Morgan fingerprint density at radius 1 is 0.896 bits per heavy atom. The molecule has 3 atom stereocenters. The van der Waals surface area contributed by atoms with Gasteiger partial charge in [0.25, 0.3) is 0 Å². The van der Waals surface area contributed by atoms with Gasteiger partial charge in [-0.3, -0.25) is 14.4 Å². The summed E-state index contributed by atoms with van der Waals surface area (Å²) in [5.41, 5.74) is 2.50. The minimum Gasteiger partial charge on any atom is -0.456 e. The van der Waals surface area contributed by atoms with Crippen molar-refractivity contribution < 1.29 is 38.5 Å². The molecule has 1 heterocycles. The second-order valence-corrected chi connectivity index (χ2v) is 11.6. The number of hydrogen-bond donors (Lipinski definition) is 3. The number of aliphatic hydroxyl groups is 1. The van der Waals surface area contributed by atoms with Crippen LogP contribution in [0, 0.1) is 0 Å². The topological polar surface area (TPSA) is 144 Å². The molecule has 0 spiro atoms. The first-order valence-corrected chi connectivity index (χ1v) is 15.7. The molecule has 5 rings (SSSR count). The number of nitrogens with zero attached hydrogens (tertiary/aromatic N) is 1. The van der Waals surface area contributed by atoms with Crippen molar-refractivity contribution in [3.63, 3.8) is 0 Å². The van der Waals surface area contributed by atoms with Gasteiger partial charge < -0.3 is 34.9 Å². The maximum absolute atomic E-state index is 13.8. The highest BCUT2D eigenvalue weighted by Gasteiger charge is 2.55. The number of rotatable bonds is 12. The van der Waals surface area contributed by atoms with Crippen LogP contribution in [-0.2, 0) is 34.4 Å². The monoisotopic (exact) mass is 653 g/mol. The number of ether oxygens (including phenoxy) is 3. The number of amides is 3. The van der Waals surface area contributed by atoms with Gasteiger partial charge in [0.2, 0.25) is 23.5 Å². The van der Waals surface area contributed by atoms with Crippen LogP contribution >= 0.6 is 0 Å². The van der Waals surface area contributed by atoms with Crippen LogP contribution in [0.15, 0.2) is 103 Å². The Hall–Kier alpha value is -5.10. The largest absolute Gasteiger partial charge is 0.456 e. The van der Waals surface area contributed by atoms with Crippen molar-refractivity contribution in [2.45, 2.75) is 36.9 Å². The Kier molecular flexibility index (Phi) is 11.2. The van der Waals surface area contributed by atoms with E-state index < -0.39 is 36.0 Å². The average Bonchev–Trinajstić information content (AvgIpc) is 3.52. The van der Waals surface area contributed by atoms with E-state index in [4.69, 9.17) is 19.3 Å². The van der Waals surface area contributed by atoms with Gasteiger partial charge in [0.1, 0.15) is 18.3 Å². The molecular weight excluding hydrogens is 614 g/mol. The third-order valence-corrected chi connectivity index (χ3v) is 8.04.